The van der Waals surface area contributed by atoms with E-state index < -0.39 is 0 Å². The van der Waals surface area contributed by atoms with E-state index in [4.69, 9.17) is 0 Å². The fraction of sp³-hybridized carbons (Fsp3) is 0. The SMILES string of the molecule is Fc1ccccc1/C=C/c1ccc2ccccc2n1. The lowest BCUT2D eigenvalue weighted by Crippen LogP contribution is -1.83. The van der Waals surface area contributed by atoms with Crippen LogP contribution in [-0.2, 0) is 0 Å². The Kier molecular flexibility index (Phi) is 3.07. The lowest BCUT2D eigenvalue weighted by Gasteiger charge is -1.99. The van der Waals surface area contributed by atoms with Crippen LogP contribution in [0.25, 0.3) is 23.1 Å². The first-order valence-corrected chi connectivity index (χ1v) is 6.11. The molecule has 0 spiro atoms. The molecule has 1 heterocycles. The number of pyridine rings is 1. The van der Waals surface area contributed by atoms with Crippen LogP contribution in [0, 0.1) is 5.82 Å². The van der Waals surface area contributed by atoms with Crippen LogP contribution in [0.5, 0.6) is 0 Å². The first kappa shape index (κ1) is 11.6. The van der Waals surface area contributed by atoms with Crippen molar-refractivity contribution in [1.82, 2.24) is 4.98 Å². The van der Waals surface area contributed by atoms with Crippen molar-refractivity contribution in [3.8, 4) is 0 Å². The zero-order valence-electron chi connectivity index (χ0n) is 10.3. The molecule has 0 amide bonds. The van der Waals surface area contributed by atoms with Crippen LogP contribution < -0.4 is 0 Å². The van der Waals surface area contributed by atoms with Crippen LogP contribution in [0.2, 0.25) is 0 Å². The van der Waals surface area contributed by atoms with E-state index >= 15 is 0 Å². The van der Waals surface area contributed by atoms with Gasteiger partial charge in [0.05, 0.1) is 11.2 Å². The molecule has 0 saturated carbocycles. The maximum Gasteiger partial charge on any atom is 0.130 e. The number of aromatic nitrogens is 1. The van der Waals surface area contributed by atoms with E-state index in [0.717, 1.165) is 16.6 Å². The number of para-hydroxylation sites is 1. The molecule has 0 aliphatic heterocycles. The second-order valence-corrected chi connectivity index (χ2v) is 4.28. The predicted molar refractivity (Wildman–Crippen MR) is 77.1 cm³/mol. The van der Waals surface area contributed by atoms with Crippen molar-refractivity contribution in [2.75, 3.05) is 0 Å². The maximum atomic E-state index is 13.5. The second-order valence-electron chi connectivity index (χ2n) is 4.28. The van der Waals surface area contributed by atoms with Crippen molar-refractivity contribution < 1.29 is 4.39 Å². The van der Waals surface area contributed by atoms with E-state index in [1.165, 1.54) is 6.07 Å². The third-order valence-electron chi connectivity index (χ3n) is 2.96. The van der Waals surface area contributed by atoms with Gasteiger partial charge >= 0.3 is 0 Å². The van der Waals surface area contributed by atoms with Gasteiger partial charge in [0.25, 0.3) is 0 Å². The first-order valence-electron chi connectivity index (χ1n) is 6.11. The minimum Gasteiger partial charge on any atom is -0.248 e. The van der Waals surface area contributed by atoms with Crippen molar-refractivity contribution in [3.05, 3.63) is 77.7 Å². The lowest BCUT2D eigenvalue weighted by atomic mass is 10.1. The minimum atomic E-state index is -0.223. The highest BCUT2D eigenvalue weighted by Crippen LogP contribution is 2.14. The Morgan fingerprint density at radius 2 is 1.58 bits per heavy atom. The standard InChI is InChI=1S/C17H12FN/c18-16-7-3-1-5-13(16)9-11-15-12-10-14-6-2-4-8-17(14)19-15/h1-12H/b11-9+. The van der Waals surface area contributed by atoms with E-state index in [0.29, 0.717) is 5.56 Å². The van der Waals surface area contributed by atoms with Gasteiger partial charge in [-0.1, -0.05) is 42.5 Å². The van der Waals surface area contributed by atoms with Gasteiger partial charge in [0.2, 0.25) is 0 Å². The number of fused-ring (bicyclic) bond motifs is 1. The fourth-order valence-corrected chi connectivity index (χ4v) is 1.96. The third-order valence-corrected chi connectivity index (χ3v) is 2.96. The van der Waals surface area contributed by atoms with Crippen LogP contribution in [0.3, 0.4) is 0 Å². The lowest BCUT2D eigenvalue weighted by molar-refractivity contribution is 0.625. The summed E-state index contributed by atoms with van der Waals surface area (Å²) >= 11 is 0. The van der Waals surface area contributed by atoms with Gasteiger partial charge in [0.15, 0.2) is 0 Å². The molecule has 2 heteroatoms. The summed E-state index contributed by atoms with van der Waals surface area (Å²) < 4.78 is 13.5. The minimum absolute atomic E-state index is 0.223. The van der Waals surface area contributed by atoms with Gasteiger partial charge < -0.3 is 0 Å². The topological polar surface area (TPSA) is 12.9 Å². The number of rotatable bonds is 2. The summed E-state index contributed by atoms with van der Waals surface area (Å²) in [6.45, 7) is 0. The van der Waals surface area contributed by atoms with Crippen LogP contribution in [-0.4, -0.2) is 4.98 Å². The molecule has 1 aromatic heterocycles. The summed E-state index contributed by atoms with van der Waals surface area (Å²) in [6.07, 6.45) is 3.57. The molecule has 0 aliphatic rings. The molecule has 0 N–H and O–H groups in total. The van der Waals surface area contributed by atoms with Gasteiger partial charge in [-0.2, -0.15) is 0 Å². The Labute approximate surface area is 111 Å². The fourth-order valence-electron chi connectivity index (χ4n) is 1.96. The maximum absolute atomic E-state index is 13.5. The van der Waals surface area contributed by atoms with Crippen LogP contribution in [0.15, 0.2) is 60.7 Å². The molecule has 3 aromatic rings. The van der Waals surface area contributed by atoms with Crippen LogP contribution >= 0.6 is 0 Å². The molecule has 0 aliphatic carbocycles. The zero-order valence-corrected chi connectivity index (χ0v) is 10.3. The van der Waals surface area contributed by atoms with Crippen molar-refractivity contribution >= 4 is 23.1 Å². The Morgan fingerprint density at radius 1 is 0.789 bits per heavy atom. The van der Waals surface area contributed by atoms with Crippen molar-refractivity contribution in [2.45, 2.75) is 0 Å². The largest absolute Gasteiger partial charge is 0.248 e. The van der Waals surface area contributed by atoms with Crippen molar-refractivity contribution in [2.24, 2.45) is 0 Å². The molecule has 3 rings (SSSR count). The summed E-state index contributed by atoms with van der Waals surface area (Å²) in [7, 11) is 0. The van der Waals surface area contributed by atoms with Crippen molar-refractivity contribution in [3.63, 3.8) is 0 Å². The van der Waals surface area contributed by atoms with Gasteiger partial charge in [0.1, 0.15) is 5.82 Å². The molecule has 0 atom stereocenters. The number of hydrogen-bond acceptors (Lipinski definition) is 1. The van der Waals surface area contributed by atoms with E-state index in [2.05, 4.69) is 4.98 Å². The molecule has 0 saturated heterocycles. The summed E-state index contributed by atoms with van der Waals surface area (Å²) in [5, 5.41) is 1.10. The smallest absolute Gasteiger partial charge is 0.130 e. The summed E-state index contributed by atoms with van der Waals surface area (Å²) in [5.41, 5.74) is 2.33. The zero-order chi connectivity index (χ0) is 13.1. The summed E-state index contributed by atoms with van der Waals surface area (Å²) in [5.74, 6) is -0.223. The van der Waals surface area contributed by atoms with Gasteiger partial charge in [-0.3, -0.25) is 0 Å². The number of benzene rings is 2. The average Bonchev–Trinajstić information content (AvgIpc) is 2.46. The third kappa shape index (κ3) is 2.52. The van der Waals surface area contributed by atoms with Crippen LogP contribution in [0.4, 0.5) is 4.39 Å². The van der Waals surface area contributed by atoms with E-state index in [1.54, 1.807) is 18.2 Å². The number of hydrogen-bond donors (Lipinski definition) is 0. The second kappa shape index (κ2) is 5.02. The predicted octanol–water partition coefficient (Wildman–Crippen LogP) is 4.54. The number of nitrogens with zero attached hydrogens (tertiary/aromatic N) is 1. The molecule has 19 heavy (non-hydrogen) atoms. The molecular weight excluding hydrogens is 237 g/mol. The summed E-state index contributed by atoms with van der Waals surface area (Å²) in [4.78, 5) is 4.51. The van der Waals surface area contributed by atoms with Gasteiger partial charge in [-0.15, -0.1) is 0 Å². The van der Waals surface area contributed by atoms with E-state index in [-0.39, 0.29) is 5.82 Å². The molecule has 92 valence electrons. The van der Waals surface area contributed by atoms with Gasteiger partial charge in [-0.25, -0.2) is 9.37 Å². The summed E-state index contributed by atoms with van der Waals surface area (Å²) in [6, 6.07) is 18.6. The first-order chi connectivity index (χ1) is 9.33. The molecule has 0 radical (unpaired) electrons. The van der Waals surface area contributed by atoms with Crippen LogP contribution in [0.1, 0.15) is 11.3 Å². The monoisotopic (exact) mass is 249 g/mol. The van der Waals surface area contributed by atoms with Gasteiger partial charge in [0, 0.05) is 10.9 Å². The van der Waals surface area contributed by atoms with Crippen molar-refractivity contribution in [1.29, 1.82) is 0 Å². The Balaban J connectivity index is 1.95. The Morgan fingerprint density at radius 3 is 2.47 bits per heavy atom. The number of halogens is 1. The molecular formula is C17H12FN. The average molecular weight is 249 g/mol. The van der Waals surface area contributed by atoms with E-state index in [1.807, 2.05) is 48.5 Å². The molecule has 2 aromatic carbocycles. The highest BCUT2D eigenvalue weighted by atomic mass is 19.1. The molecule has 1 nitrogen and oxygen atoms in total. The Bertz CT molecular complexity index is 747. The molecule has 0 bridgehead atoms. The normalized spacial score (nSPS) is 11.2. The molecule has 0 unspecified atom stereocenters. The van der Waals surface area contributed by atoms with Gasteiger partial charge in [-0.05, 0) is 30.4 Å². The van der Waals surface area contributed by atoms with E-state index in [9.17, 15) is 4.39 Å². The highest BCUT2D eigenvalue weighted by Gasteiger charge is 1.97. The molecule has 0 fully saturated rings. The quantitative estimate of drug-likeness (QED) is 0.649. The highest BCUT2D eigenvalue weighted by molar-refractivity contribution is 5.80. The Hall–Kier alpha value is -2.48.